The summed E-state index contributed by atoms with van der Waals surface area (Å²) in [6.45, 7) is 4.89. The molecule has 0 atom stereocenters. The fraction of sp³-hybridized carbons (Fsp3) is 0.250. The summed E-state index contributed by atoms with van der Waals surface area (Å²) in [6, 6.07) is 33.3. The van der Waals surface area contributed by atoms with E-state index < -0.39 is 7.26 Å². The second-order valence-corrected chi connectivity index (χ2v) is 12.4. The Morgan fingerprint density at radius 1 is 0.520 bits per heavy atom. The van der Waals surface area contributed by atoms with Crippen molar-refractivity contribution in [2.75, 3.05) is 0 Å². The molecule has 0 aliphatic carbocycles. The average molecular weight is 348 g/mol. The van der Waals surface area contributed by atoms with E-state index in [1.165, 1.54) is 35.2 Å². The molecule has 130 valence electrons. The molecule has 0 fully saturated rings. The molecule has 0 aliphatic heterocycles. The molecule has 0 aromatic heterocycles. The second kappa shape index (κ2) is 8.45. The van der Waals surface area contributed by atoms with Crippen LogP contribution in [0.4, 0.5) is 0 Å². The molecule has 0 spiro atoms. The van der Waals surface area contributed by atoms with Crippen molar-refractivity contribution in [1.29, 1.82) is 0 Å². The van der Waals surface area contributed by atoms with Crippen LogP contribution < -0.4 is 0 Å². The Morgan fingerprint density at radius 2 is 0.800 bits per heavy atom. The average Bonchev–Trinajstić information content (AvgIpc) is 2.64. The van der Waals surface area contributed by atoms with Gasteiger partial charge in [-0.25, -0.2) is 0 Å². The van der Waals surface area contributed by atoms with Crippen molar-refractivity contribution < 1.29 is 0 Å². The van der Waals surface area contributed by atoms with Gasteiger partial charge in [-0.05, 0) is 0 Å². The summed E-state index contributed by atoms with van der Waals surface area (Å²) >= 11 is 0. The molecule has 3 aromatic carbocycles. The number of hydrogen-bond donors (Lipinski definition) is 0. The molecule has 3 rings (SSSR count). The maximum atomic E-state index is 2.45. The van der Waals surface area contributed by atoms with Crippen molar-refractivity contribution in [3.8, 4) is 0 Å². The molecule has 0 heterocycles. The Labute approximate surface area is 153 Å². The normalized spacial score (nSPS) is 12.3. The van der Waals surface area contributed by atoms with Gasteiger partial charge in [0.1, 0.15) is 0 Å². The summed E-state index contributed by atoms with van der Waals surface area (Å²) in [4.78, 5) is 0. The van der Waals surface area contributed by atoms with Crippen molar-refractivity contribution in [3.63, 3.8) is 0 Å². The van der Waals surface area contributed by atoms with Crippen molar-refractivity contribution in [3.05, 3.63) is 108 Å². The molecule has 0 saturated heterocycles. The van der Waals surface area contributed by atoms with Crippen LogP contribution in [0.25, 0.3) is 0 Å². The van der Waals surface area contributed by atoms with Crippen LogP contribution in [0.2, 0.25) is 0 Å². The summed E-state index contributed by atoms with van der Waals surface area (Å²) in [5, 5.41) is 0. The van der Waals surface area contributed by atoms with Crippen molar-refractivity contribution >= 4 is 7.26 Å². The van der Waals surface area contributed by atoms with E-state index in [-0.39, 0.29) is 0 Å². The first-order chi connectivity index (χ1) is 12.2. The molecule has 0 amide bonds. The maximum absolute atomic E-state index is 2.45. The van der Waals surface area contributed by atoms with Crippen molar-refractivity contribution in [1.82, 2.24) is 0 Å². The zero-order valence-electron chi connectivity index (χ0n) is 15.4. The third kappa shape index (κ3) is 4.80. The summed E-state index contributed by atoms with van der Waals surface area (Å²) in [5.41, 5.74) is 5.22. The van der Waals surface area contributed by atoms with Gasteiger partial charge in [-0.15, -0.1) is 0 Å². The molecule has 0 nitrogen and oxygen atoms in total. The van der Waals surface area contributed by atoms with Crippen LogP contribution in [0.1, 0.15) is 30.5 Å². The van der Waals surface area contributed by atoms with E-state index in [0.29, 0.717) is 0 Å². The van der Waals surface area contributed by atoms with Gasteiger partial charge in [-0.3, -0.25) is 0 Å². The van der Waals surface area contributed by atoms with Crippen molar-refractivity contribution in [2.24, 2.45) is 0 Å². The molecular weight excluding hydrogens is 319 g/mol. The van der Waals surface area contributed by atoms with Crippen molar-refractivity contribution in [2.45, 2.75) is 38.0 Å². The van der Waals surface area contributed by atoms with Gasteiger partial charge < -0.3 is 0 Å². The van der Waals surface area contributed by atoms with Crippen LogP contribution in [-0.4, -0.2) is 5.66 Å². The SMILES string of the molecule is CC(C)[PH](Cc1ccccc1)(Cc1ccccc1)Cc1ccccc1. The topological polar surface area (TPSA) is 0 Å². The zero-order chi connectivity index (χ0) is 17.5. The summed E-state index contributed by atoms with van der Waals surface area (Å²) in [6.07, 6.45) is 3.74. The van der Waals surface area contributed by atoms with Crippen LogP contribution in [0.15, 0.2) is 91.0 Å². The molecular formula is C24H29P. The van der Waals surface area contributed by atoms with Crippen LogP contribution in [-0.2, 0) is 18.5 Å². The third-order valence-corrected chi connectivity index (χ3v) is 11.2. The predicted octanol–water partition coefficient (Wildman–Crippen LogP) is 6.75. The Kier molecular flexibility index (Phi) is 6.05. The molecule has 25 heavy (non-hydrogen) atoms. The van der Waals surface area contributed by atoms with Gasteiger partial charge in [0.2, 0.25) is 0 Å². The molecule has 3 aromatic rings. The summed E-state index contributed by atoms with van der Waals surface area (Å²) in [5.74, 6) is 0. The Balaban J connectivity index is 1.97. The second-order valence-electron chi connectivity index (χ2n) is 7.50. The molecule has 0 bridgehead atoms. The Morgan fingerprint density at radius 3 is 1.04 bits per heavy atom. The minimum absolute atomic E-state index is 0.730. The van der Waals surface area contributed by atoms with E-state index in [0.717, 1.165) is 5.66 Å². The molecule has 0 radical (unpaired) electrons. The first-order valence-corrected chi connectivity index (χ1v) is 12.0. The van der Waals surface area contributed by atoms with Crippen LogP contribution in [0, 0.1) is 0 Å². The van der Waals surface area contributed by atoms with Gasteiger partial charge in [0, 0.05) is 0 Å². The monoisotopic (exact) mass is 348 g/mol. The van der Waals surface area contributed by atoms with Gasteiger partial charge in [0.05, 0.1) is 0 Å². The van der Waals surface area contributed by atoms with E-state index in [1.807, 2.05) is 0 Å². The van der Waals surface area contributed by atoms with E-state index in [1.54, 1.807) is 0 Å². The zero-order valence-corrected chi connectivity index (χ0v) is 16.4. The van der Waals surface area contributed by atoms with Gasteiger partial charge in [0.25, 0.3) is 0 Å². The van der Waals surface area contributed by atoms with E-state index >= 15 is 0 Å². The quantitative estimate of drug-likeness (QED) is 0.414. The molecule has 0 aliphatic rings. The van der Waals surface area contributed by atoms with E-state index in [2.05, 4.69) is 105 Å². The fourth-order valence-corrected chi connectivity index (χ4v) is 8.55. The summed E-state index contributed by atoms with van der Waals surface area (Å²) < 4.78 is 0. The van der Waals surface area contributed by atoms with Gasteiger partial charge in [-0.2, -0.15) is 0 Å². The van der Waals surface area contributed by atoms with E-state index in [9.17, 15) is 0 Å². The number of rotatable bonds is 7. The van der Waals surface area contributed by atoms with Gasteiger partial charge in [0.15, 0.2) is 0 Å². The van der Waals surface area contributed by atoms with E-state index in [4.69, 9.17) is 0 Å². The first kappa shape index (κ1) is 17.9. The Bertz CT molecular complexity index is 646. The van der Waals surface area contributed by atoms with Crippen LogP contribution >= 0.6 is 7.26 Å². The summed E-state index contributed by atoms with van der Waals surface area (Å²) in [7, 11) is -1.60. The van der Waals surface area contributed by atoms with Crippen LogP contribution in [0.5, 0.6) is 0 Å². The number of hydrogen-bond acceptors (Lipinski definition) is 0. The number of benzene rings is 3. The predicted molar refractivity (Wildman–Crippen MR) is 114 cm³/mol. The molecule has 1 heteroatoms. The Hall–Kier alpha value is -1.91. The van der Waals surface area contributed by atoms with Gasteiger partial charge >= 0.3 is 153 Å². The third-order valence-electron chi connectivity index (χ3n) is 5.42. The van der Waals surface area contributed by atoms with Gasteiger partial charge in [-0.1, -0.05) is 0 Å². The van der Waals surface area contributed by atoms with Crippen LogP contribution in [0.3, 0.4) is 0 Å². The first-order valence-electron chi connectivity index (χ1n) is 9.30. The molecule has 0 unspecified atom stereocenters. The molecule has 0 N–H and O–H groups in total. The fourth-order valence-electron chi connectivity index (χ4n) is 3.81. The standard InChI is InChI=1S/C24H29P/c1-21(2)25(18-22-12-6-3-7-13-22,19-23-14-8-4-9-15-23)20-24-16-10-5-11-17-24/h3-17,21,25H,18-20H2,1-2H3. The minimum atomic E-state index is -1.60. The molecule has 0 saturated carbocycles.